The Morgan fingerprint density at radius 1 is 0.968 bits per heavy atom. The molecular formula is C23H23FN2O4S. The van der Waals surface area contributed by atoms with Gasteiger partial charge in [0, 0.05) is 25.3 Å². The number of halogens is 1. The predicted molar refractivity (Wildman–Crippen MR) is 117 cm³/mol. The molecule has 0 aromatic heterocycles. The van der Waals surface area contributed by atoms with Gasteiger partial charge >= 0.3 is 0 Å². The van der Waals surface area contributed by atoms with E-state index in [9.17, 15) is 17.6 Å². The second-order valence-corrected chi connectivity index (χ2v) is 8.80. The highest BCUT2D eigenvalue weighted by Crippen LogP contribution is 2.22. The Labute approximate surface area is 181 Å². The van der Waals surface area contributed by atoms with Crippen molar-refractivity contribution in [3.63, 3.8) is 0 Å². The van der Waals surface area contributed by atoms with Crippen LogP contribution in [0, 0.1) is 5.82 Å². The summed E-state index contributed by atoms with van der Waals surface area (Å²) in [5.74, 6) is -0.380. The summed E-state index contributed by atoms with van der Waals surface area (Å²) in [6.45, 7) is -0.388. The average Bonchev–Trinajstić information content (AvgIpc) is 2.79. The van der Waals surface area contributed by atoms with Gasteiger partial charge in [0.05, 0.1) is 18.6 Å². The van der Waals surface area contributed by atoms with Crippen LogP contribution >= 0.6 is 0 Å². The van der Waals surface area contributed by atoms with Crippen molar-refractivity contribution in [2.24, 2.45) is 0 Å². The summed E-state index contributed by atoms with van der Waals surface area (Å²) in [5, 5.41) is 0. The molecule has 0 unspecified atom stereocenters. The van der Waals surface area contributed by atoms with Gasteiger partial charge in [-0.3, -0.25) is 4.79 Å². The van der Waals surface area contributed by atoms with E-state index in [4.69, 9.17) is 4.74 Å². The first-order valence-corrected chi connectivity index (χ1v) is 11.0. The van der Waals surface area contributed by atoms with Crippen LogP contribution in [0.4, 0.5) is 10.1 Å². The Morgan fingerprint density at radius 2 is 1.65 bits per heavy atom. The zero-order valence-corrected chi connectivity index (χ0v) is 18.0. The molecule has 0 radical (unpaired) electrons. The third-order valence-electron chi connectivity index (χ3n) is 4.78. The lowest BCUT2D eigenvalue weighted by Crippen LogP contribution is -2.41. The third-order valence-corrected chi connectivity index (χ3v) is 6.59. The van der Waals surface area contributed by atoms with Crippen LogP contribution in [0.5, 0.6) is 5.75 Å². The molecule has 0 atom stereocenters. The number of hydrogen-bond donors (Lipinski definition) is 0. The fourth-order valence-corrected chi connectivity index (χ4v) is 4.37. The molecular weight excluding hydrogens is 419 g/mol. The molecule has 3 aromatic carbocycles. The van der Waals surface area contributed by atoms with Gasteiger partial charge in [-0.05, 0) is 42.0 Å². The molecule has 0 heterocycles. The first-order valence-electron chi connectivity index (χ1n) is 9.51. The Morgan fingerprint density at radius 3 is 2.29 bits per heavy atom. The lowest BCUT2D eigenvalue weighted by atomic mass is 10.2. The van der Waals surface area contributed by atoms with E-state index in [1.165, 1.54) is 24.1 Å². The summed E-state index contributed by atoms with van der Waals surface area (Å²) < 4.78 is 46.1. The molecule has 3 rings (SSSR count). The van der Waals surface area contributed by atoms with Crippen LogP contribution in [-0.4, -0.2) is 39.3 Å². The molecule has 0 aliphatic heterocycles. The van der Waals surface area contributed by atoms with Crippen molar-refractivity contribution < 1.29 is 22.3 Å². The second kappa shape index (κ2) is 9.72. The third kappa shape index (κ3) is 5.48. The minimum Gasteiger partial charge on any atom is -0.497 e. The summed E-state index contributed by atoms with van der Waals surface area (Å²) in [5.41, 5.74) is 1.30. The molecule has 0 bridgehead atoms. The number of amides is 1. The van der Waals surface area contributed by atoms with Crippen LogP contribution in [0.15, 0.2) is 83.8 Å². The summed E-state index contributed by atoms with van der Waals surface area (Å²) in [4.78, 5) is 14.3. The van der Waals surface area contributed by atoms with Crippen LogP contribution in [0.25, 0.3) is 0 Å². The standard InChI is InChI=1S/C23H23FN2O4S/c1-25(20-9-6-10-21(15-20)30-2)23(27)17-26(16-18-7-4-3-5-8-18)31(28,29)22-13-11-19(24)12-14-22/h3-15H,16-17H2,1-2H3. The van der Waals surface area contributed by atoms with Gasteiger partial charge in [-0.1, -0.05) is 36.4 Å². The number of benzene rings is 3. The zero-order valence-electron chi connectivity index (χ0n) is 17.2. The van der Waals surface area contributed by atoms with Gasteiger partial charge in [0.15, 0.2) is 0 Å². The Hall–Kier alpha value is -3.23. The topological polar surface area (TPSA) is 66.9 Å². The Balaban J connectivity index is 1.90. The number of sulfonamides is 1. The van der Waals surface area contributed by atoms with E-state index >= 15 is 0 Å². The molecule has 0 spiro atoms. The highest BCUT2D eigenvalue weighted by Gasteiger charge is 2.28. The first kappa shape index (κ1) is 22.5. The molecule has 0 saturated carbocycles. The Kier molecular flexibility index (Phi) is 7.04. The summed E-state index contributed by atoms with van der Waals surface area (Å²) in [7, 11) is -0.948. The molecule has 31 heavy (non-hydrogen) atoms. The summed E-state index contributed by atoms with van der Waals surface area (Å²) >= 11 is 0. The minimum atomic E-state index is -4.05. The van der Waals surface area contributed by atoms with E-state index in [1.807, 2.05) is 6.07 Å². The van der Waals surface area contributed by atoms with E-state index in [2.05, 4.69) is 0 Å². The van der Waals surface area contributed by atoms with E-state index in [1.54, 1.807) is 55.6 Å². The number of likely N-dealkylation sites (N-methyl/N-ethyl adjacent to an activating group) is 1. The monoisotopic (exact) mass is 442 g/mol. The van der Waals surface area contributed by atoms with E-state index < -0.39 is 21.7 Å². The average molecular weight is 443 g/mol. The second-order valence-electron chi connectivity index (χ2n) is 6.87. The van der Waals surface area contributed by atoms with Crippen molar-refractivity contribution >= 4 is 21.6 Å². The van der Waals surface area contributed by atoms with Crippen molar-refractivity contribution in [3.05, 3.63) is 90.2 Å². The molecule has 8 heteroatoms. The molecule has 162 valence electrons. The van der Waals surface area contributed by atoms with Gasteiger partial charge in [0.1, 0.15) is 11.6 Å². The van der Waals surface area contributed by atoms with Crippen LogP contribution in [-0.2, 0) is 21.4 Å². The first-order chi connectivity index (χ1) is 14.8. The fraction of sp³-hybridized carbons (Fsp3) is 0.174. The lowest BCUT2D eigenvalue weighted by molar-refractivity contribution is -0.118. The Bertz CT molecular complexity index is 1140. The molecule has 0 N–H and O–H groups in total. The van der Waals surface area contributed by atoms with Crippen LogP contribution in [0.3, 0.4) is 0 Å². The fourth-order valence-electron chi connectivity index (χ4n) is 2.99. The highest BCUT2D eigenvalue weighted by molar-refractivity contribution is 7.89. The summed E-state index contributed by atoms with van der Waals surface area (Å²) in [6, 6.07) is 20.4. The maximum Gasteiger partial charge on any atom is 0.243 e. The number of carbonyl (C=O) groups is 1. The summed E-state index contributed by atoms with van der Waals surface area (Å²) in [6.07, 6.45) is 0. The van der Waals surface area contributed by atoms with Crippen LogP contribution < -0.4 is 9.64 Å². The van der Waals surface area contributed by atoms with E-state index in [0.717, 1.165) is 22.0 Å². The molecule has 1 amide bonds. The van der Waals surface area contributed by atoms with Gasteiger partial charge in [-0.25, -0.2) is 12.8 Å². The van der Waals surface area contributed by atoms with Gasteiger partial charge in [0.2, 0.25) is 15.9 Å². The van der Waals surface area contributed by atoms with E-state index in [0.29, 0.717) is 11.4 Å². The molecule has 0 saturated heterocycles. The number of methoxy groups -OCH3 is 1. The number of rotatable bonds is 8. The van der Waals surface area contributed by atoms with Crippen molar-refractivity contribution in [1.29, 1.82) is 0 Å². The number of ether oxygens (including phenoxy) is 1. The molecule has 0 aliphatic carbocycles. The highest BCUT2D eigenvalue weighted by atomic mass is 32.2. The normalized spacial score (nSPS) is 11.4. The number of carbonyl (C=O) groups excluding carboxylic acids is 1. The van der Waals surface area contributed by atoms with Crippen LogP contribution in [0.2, 0.25) is 0 Å². The maximum atomic E-state index is 13.3. The molecule has 0 aliphatic rings. The predicted octanol–water partition coefficient (Wildman–Crippen LogP) is 3.69. The van der Waals surface area contributed by atoms with E-state index in [-0.39, 0.29) is 18.0 Å². The van der Waals surface area contributed by atoms with Gasteiger partial charge in [-0.15, -0.1) is 0 Å². The molecule has 3 aromatic rings. The quantitative estimate of drug-likeness (QED) is 0.534. The number of anilines is 1. The minimum absolute atomic E-state index is 0.00175. The van der Waals surface area contributed by atoms with Crippen LogP contribution in [0.1, 0.15) is 5.56 Å². The van der Waals surface area contributed by atoms with Gasteiger partial charge in [0.25, 0.3) is 0 Å². The number of nitrogens with zero attached hydrogens (tertiary/aromatic N) is 2. The molecule has 6 nitrogen and oxygen atoms in total. The smallest absolute Gasteiger partial charge is 0.243 e. The van der Waals surface area contributed by atoms with Crippen molar-refractivity contribution in [2.75, 3.05) is 25.6 Å². The van der Waals surface area contributed by atoms with Gasteiger partial charge < -0.3 is 9.64 Å². The lowest BCUT2D eigenvalue weighted by Gasteiger charge is -2.25. The van der Waals surface area contributed by atoms with Crippen molar-refractivity contribution in [1.82, 2.24) is 4.31 Å². The SMILES string of the molecule is COc1cccc(N(C)C(=O)CN(Cc2ccccc2)S(=O)(=O)c2ccc(F)cc2)c1. The largest absolute Gasteiger partial charge is 0.497 e. The van der Waals surface area contributed by atoms with Crippen molar-refractivity contribution in [3.8, 4) is 5.75 Å². The van der Waals surface area contributed by atoms with Gasteiger partial charge in [-0.2, -0.15) is 4.31 Å². The zero-order chi connectivity index (χ0) is 22.4. The number of hydrogen-bond acceptors (Lipinski definition) is 4. The molecule has 0 fully saturated rings. The maximum absolute atomic E-state index is 13.3. The van der Waals surface area contributed by atoms with Crippen molar-refractivity contribution in [2.45, 2.75) is 11.4 Å².